The number of nitrogens with zero attached hydrogens (tertiary/aromatic N) is 1. The minimum absolute atomic E-state index is 0.507. The van der Waals surface area contributed by atoms with Crippen LogP contribution in [0.5, 0.6) is 5.75 Å². The van der Waals surface area contributed by atoms with Gasteiger partial charge >= 0.3 is 0 Å². The number of ether oxygens (including phenoxy) is 2. The van der Waals surface area contributed by atoms with Crippen LogP contribution in [0.15, 0.2) is 36.4 Å². The highest BCUT2D eigenvalue weighted by atomic mass is 32.1. The smallest absolute Gasteiger partial charge is 0.154 e. The van der Waals surface area contributed by atoms with Crippen molar-refractivity contribution >= 4 is 11.5 Å². The van der Waals surface area contributed by atoms with Gasteiger partial charge in [0.15, 0.2) is 6.29 Å². The fourth-order valence-corrected chi connectivity index (χ4v) is 4.69. The molecule has 0 amide bonds. The number of rotatable bonds is 11. The van der Waals surface area contributed by atoms with E-state index in [1.54, 1.807) is 11.5 Å². The van der Waals surface area contributed by atoms with Crippen LogP contribution in [0.3, 0.4) is 0 Å². The van der Waals surface area contributed by atoms with Crippen molar-refractivity contribution in [3.63, 3.8) is 0 Å². The Kier molecular flexibility index (Phi) is 8.85. The van der Waals surface area contributed by atoms with Gasteiger partial charge in [0.05, 0.1) is 5.69 Å². The first-order chi connectivity index (χ1) is 15.5. The minimum atomic E-state index is -0.709. The molecular formula is C27H35NO3S. The second-order valence-electron chi connectivity index (χ2n) is 8.05. The Hall–Kier alpha value is -2.21. The third-order valence-electron chi connectivity index (χ3n) is 6.07. The molecule has 172 valence electrons. The molecule has 0 aliphatic heterocycles. The molecule has 0 saturated carbocycles. The summed E-state index contributed by atoms with van der Waals surface area (Å²) in [6, 6.07) is 12.8. The van der Waals surface area contributed by atoms with E-state index in [9.17, 15) is 5.11 Å². The Morgan fingerprint density at radius 3 is 2.38 bits per heavy atom. The summed E-state index contributed by atoms with van der Waals surface area (Å²) < 4.78 is 16.3. The summed E-state index contributed by atoms with van der Waals surface area (Å²) in [6.45, 7) is 11.5. The summed E-state index contributed by atoms with van der Waals surface area (Å²) in [4.78, 5) is 1.27. The average Bonchev–Trinajstić information content (AvgIpc) is 3.22. The molecule has 0 aliphatic rings. The SMILES string of the molecule is CCOC(O)CCc1ccc(OCc2c(-c3ccc(CC)cc3)nsc2CC)c(C)c1C. The van der Waals surface area contributed by atoms with Gasteiger partial charge < -0.3 is 14.6 Å². The quantitative estimate of drug-likeness (QED) is 0.340. The van der Waals surface area contributed by atoms with Gasteiger partial charge in [-0.05, 0) is 79.9 Å². The molecule has 0 radical (unpaired) electrons. The van der Waals surface area contributed by atoms with E-state index in [1.807, 2.05) is 13.0 Å². The monoisotopic (exact) mass is 453 g/mol. The van der Waals surface area contributed by atoms with Crippen LogP contribution in [0.1, 0.15) is 59.9 Å². The largest absolute Gasteiger partial charge is 0.489 e. The van der Waals surface area contributed by atoms with Gasteiger partial charge in [-0.3, -0.25) is 0 Å². The molecule has 3 rings (SSSR count). The van der Waals surface area contributed by atoms with E-state index in [2.05, 4.69) is 58.0 Å². The van der Waals surface area contributed by atoms with Crippen LogP contribution in [0.2, 0.25) is 0 Å². The van der Waals surface area contributed by atoms with Crippen molar-refractivity contribution < 1.29 is 14.6 Å². The van der Waals surface area contributed by atoms with Crippen LogP contribution in [-0.4, -0.2) is 22.4 Å². The van der Waals surface area contributed by atoms with Gasteiger partial charge in [-0.1, -0.05) is 44.2 Å². The molecule has 32 heavy (non-hydrogen) atoms. The maximum atomic E-state index is 9.86. The first-order valence-electron chi connectivity index (χ1n) is 11.6. The molecule has 1 aromatic heterocycles. The molecule has 0 fully saturated rings. The lowest BCUT2D eigenvalue weighted by atomic mass is 9.98. The lowest BCUT2D eigenvalue weighted by Gasteiger charge is -2.16. The number of benzene rings is 2. The van der Waals surface area contributed by atoms with Crippen LogP contribution in [0, 0.1) is 13.8 Å². The van der Waals surface area contributed by atoms with E-state index < -0.39 is 6.29 Å². The zero-order chi connectivity index (χ0) is 23.1. The number of hydrogen-bond acceptors (Lipinski definition) is 5. The second kappa shape index (κ2) is 11.6. The van der Waals surface area contributed by atoms with E-state index in [4.69, 9.17) is 13.8 Å². The Bertz CT molecular complexity index is 1010. The Morgan fingerprint density at radius 2 is 1.72 bits per heavy atom. The Morgan fingerprint density at radius 1 is 0.969 bits per heavy atom. The molecule has 3 aromatic rings. The van der Waals surface area contributed by atoms with Crippen LogP contribution >= 0.6 is 11.5 Å². The fraction of sp³-hybridized carbons (Fsp3) is 0.444. The van der Waals surface area contributed by atoms with Gasteiger partial charge in [0.2, 0.25) is 0 Å². The molecule has 2 aromatic carbocycles. The third kappa shape index (κ3) is 5.77. The Labute approximate surface area is 196 Å². The van der Waals surface area contributed by atoms with Crippen molar-refractivity contribution in [1.82, 2.24) is 4.37 Å². The molecule has 5 heteroatoms. The molecular weight excluding hydrogens is 418 g/mol. The predicted octanol–water partition coefficient (Wildman–Crippen LogP) is 6.42. The number of hydrogen-bond donors (Lipinski definition) is 1. The lowest BCUT2D eigenvalue weighted by Crippen LogP contribution is -2.13. The van der Waals surface area contributed by atoms with Crippen LogP contribution in [0.4, 0.5) is 0 Å². The second-order valence-corrected chi connectivity index (χ2v) is 8.91. The molecule has 4 nitrogen and oxygen atoms in total. The van der Waals surface area contributed by atoms with Crippen LogP contribution < -0.4 is 4.74 Å². The van der Waals surface area contributed by atoms with Gasteiger partial charge in [0.25, 0.3) is 0 Å². The maximum absolute atomic E-state index is 9.86. The molecule has 0 spiro atoms. The summed E-state index contributed by atoms with van der Waals surface area (Å²) >= 11 is 1.57. The maximum Gasteiger partial charge on any atom is 0.154 e. The molecule has 1 unspecified atom stereocenters. The van der Waals surface area contributed by atoms with Crippen molar-refractivity contribution in [3.05, 3.63) is 69.1 Å². The number of aliphatic hydroxyl groups is 1. The molecule has 1 heterocycles. The molecule has 0 saturated heterocycles. The zero-order valence-electron chi connectivity index (χ0n) is 19.9. The average molecular weight is 454 g/mol. The molecule has 0 bridgehead atoms. The first-order valence-corrected chi connectivity index (χ1v) is 12.3. The van der Waals surface area contributed by atoms with Gasteiger partial charge in [0.1, 0.15) is 12.4 Å². The van der Waals surface area contributed by atoms with Gasteiger partial charge in [-0.2, -0.15) is 4.37 Å². The number of aliphatic hydroxyl groups excluding tert-OH is 1. The zero-order valence-corrected chi connectivity index (χ0v) is 20.7. The van der Waals surface area contributed by atoms with E-state index in [-0.39, 0.29) is 0 Å². The number of aromatic nitrogens is 1. The van der Waals surface area contributed by atoms with E-state index >= 15 is 0 Å². The lowest BCUT2D eigenvalue weighted by molar-refractivity contribution is -0.0980. The minimum Gasteiger partial charge on any atom is -0.489 e. The van der Waals surface area contributed by atoms with Crippen molar-refractivity contribution in [2.75, 3.05) is 6.61 Å². The normalized spacial score (nSPS) is 12.2. The Balaban J connectivity index is 1.76. The highest BCUT2D eigenvalue weighted by Gasteiger charge is 2.16. The number of aryl methyl sites for hydroxylation is 3. The van der Waals surface area contributed by atoms with Crippen molar-refractivity contribution in [2.24, 2.45) is 0 Å². The third-order valence-corrected chi connectivity index (χ3v) is 7.10. The van der Waals surface area contributed by atoms with E-state index in [0.29, 0.717) is 19.6 Å². The molecule has 0 aliphatic carbocycles. The van der Waals surface area contributed by atoms with Crippen molar-refractivity contribution in [3.8, 4) is 17.0 Å². The first kappa shape index (κ1) is 24.4. The summed E-state index contributed by atoms with van der Waals surface area (Å²) in [6.07, 6.45) is 2.64. The highest BCUT2D eigenvalue weighted by molar-refractivity contribution is 7.06. The summed E-state index contributed by atoms with van der Waals surface area (Å²) in [5, 5.41) is 9.86. The van der Waals surface area contributed by atoms with Gasteiger partial charge in [0, 0.05) is 29.0 Å². The topological polar surface area (TPSA) is 51.6 Å². The van der Waals surface area contributed by atoms with Crippen LogP contribution in [-0.2, 0) is 30.6 Å². The van der Waals surface area contributed by atoms with Crippen molar-refractivity contribution in [2.45, 2.75) is 73.2 Å². The fourth-order valence-electron chi connectivity index (χ4n) is 3.88. The van der Waals surface area contributed by atoms with Crippen molar-refractivity contribution in [1.29, 1.82) is 0 Å². The van der Waals surface area contributed by atoms with Gasteiger partial charge in [-0.15, -0.1) is 0 Å². The van der Waals surface area contributed by atoms with E-state index in [0.717, 1.165) is 41.8 Å². The standard InChI is InChI=1S/C27H35NO3S/c1-6-20-9-11-22(12-10-20)27-23(25(7-2)32-28-27)17-31-24-15-13-21(18(4)19(24)5)14-16-26(29)30-8-3/h9-13,15,26,29H,6-8,14,16-17H2,1-5H3. The molecule has 1 atom stereocenters. The predicted molar refractivity (Wildman–Crippen MR) is 133 cm³/mol. The summed E-state index contributed by atoms with van der Waals surface area (Å²) in [5.41, 5.74) is 8.26. The molecule has 1 N–H and O–H groups in total. The van der Waals surface area contributed by atoms with Gasteiger partial charge in [-0.25, -0.2) is 0 Å². The van der Waals surface area contributed by atoms with E-state index in [1.165, 1.54) is 27.1 Å². The summed E-state index contributed by atoms with van der Waals surface area (Å²) in [5.74, 6) is 0.900. The van der Waals surface area contributed by atoms with Crippen LogP contribution in [0.25, 0.3) is 11.3 Å². The summed E-state index contributed by atoms with van der Waals surface area (Å²) in [7, 11) is 0. The highest BCUT2D eigenvalue weighted by Crippen LogP contribution is 2.32.